The van der Waals surface area contributed by atoms with Crippen LogP contribution in [-0.4, -0.2) is 10.1 Å². The quantitative estimate of drug-likeness (QED) is 0.822. The van der Waals surface area contributed by atoms with Crippen molar-refractivity contribution in [2.75, 3.05) is 0 Å². The van der Waals surface area contributed by atoms with E-state index in [2.05, 4.69) is 4.98 Å². The second kappa shape index (κ2) is 5.03. The van der Waals surface area contributed by atoms with Crippen LogP contribution in [-0.2, 0) is 5.75 Å². The number of hydrogen-bond donors (Lipinski definition) is 1. The Kier molecular flexibility index (Phi) is 3.47. The Balaban J connectivity index is 2.02. The lowest BCUT2D eigenvalue weighted by Gasteiger charge is -2.02. The molecule has 1 N–H and O–H groups in total. The minimum Gasteiger partial charge on any atom is -0.508 e. The van der Waals surface area contributed by atoms with Crippen LogP contribution in [0.2, 0.25) is 0 Å². The molecule has 0 radical (unpaired) electrons. The van der Waals surface area contributed by atoms with Crippen molar-refractivity contribution in [3.8, 4) is 5.75 Å². The zero-order chi connectivity index (χ0) is 11.4. The van der Waals surface area contributed by atoms with Crippen LogP contribution in [0, 0.1) is 6.92 Å². The standard InChI is InChI=1S/C13H13NOS/c1-10-4-2-5-11(14-10)9-16-13-7-3-6-12(15)8-13/h2-8,15H,9H2,1H3. The minimum absolute atomic E-state index is 0.308. The van der Waals surface area contributed by atoms with Gasteiger partial charge in [-0.1, -0.05) is 12.1 Å². The van der Waals surface area contributed by atoms with Gasteiger partial charge in [0, 0.05) is 16.3 Å². The molecule has 0 bridgehead atoms. The third kappa shape index (κ3) is 3.00. The van der Waals surface area contributed by atoms with Gasteiger partial charge < -0.3 is 5.11 Å². The molecule has 2 rings (SSSR count). The van der Waals surface area contributed by atoms with E-state index in [1.165, 1.54) is 0 Å². The summed E-state index contributed by atoms with van der Waals surface area (Å²) in [5.74, 6) is 1.13. The van der Waals surface area contributed by atoms with Crippen LogP contribution >= 0.6 is 11.8 Å². The fraction of sp³-hybridized carbons (Fsp3) is 0.154. The summed E-state index contributed by atoms with van der Waals surface area (Å²) >= 11 is 1.67. The third-order valence-corrected chi connectivity index (χ3v) is 3.18. The summed E-state index contributed by atoms with van der Waals surface area (Å²) in [6.07, 6.45) is 0. The summed E-state index contributed by atoms with van der Waals surface area (Å²) in [5, 5.41) is 9.33. The summed E-state index contributed by atoms with van der Waals surface area (Å²) in [6.45, 7) is 1.99. The average Bonchev–Trinajstić information content (AvgIpc) is 2.27. The topological polar surface area (TPSA) is 33.1 Å². The van der Waals surface area contributed by atoms with Crippen LogP contribution in [0.5, 0.6) is 5.75 Å². The molecule has 0 aliphatic heterocycles. The van der Waals surface area contributed by atoms with Crippen molar-refractivity contribution in [3.63, 3.8) is 0 Å². The molecule has 1 aromatic carbocycles. The van der Waals surface area contributed by atoms with Gasteiger partial charge in [0.15, 0.2) is 0 Å². The van der Waals surface area contributed by atoms with Crippen LogP contribution in [0.15, 0.2) is 47.4 Å². The average molecular weight is 231 g/mol. The molecule has 16 heavy (non-hydrogen) atoms. The maximum atomic E-state index is 9.33. The molecule has 1 aromatic heterocycles. The van der Waals surface area contributed by atoms with Gasteiger partial charge in [0.25, 0.3) is 0 Å². The number of thioether (sulfide) groups is 1. The number of phenolic OH excluding ortho intramolecular Hbond substituents is 1. The van der Waals surface area contributed by atoms with E-state index in [1.807, 2.05) is 37.3 Å². The molecule has 0 spiro atoms. The van der Waals surface area contributed by atoms with Crippen molar-refractivity contribution in [3.05, 3.63) is 53.9 Å². The highest BCUT2D eigenvalue weighted by atomic mass is 32.2. The Morgan fingerprint density at radius 1 is 1.19 bits per heavy atom. The minimum atomic E-state index is 0.308. The maximum Gasteiger partial charge on any atom is 0.116 e. The Bertz CT molecular complexity index is 439. The molecule has 0 atom stereocenters. The number of pyridine rings is 1. The van der Waals surface area contributed by atoms with Crippen molar-refractivity contribution < 1.29 is 5.11 Å². The van der Waals surface area contributed by atoms with Crippen LogP contribution < -0.4 is 0 Å². The van der Waals surface area contributed by atoms with Gasteiger partial charge in [-0.05, 0) is 37.3 Å². The smallest absolute Gasteiger partial charge is 0.116 e. The zero-order valence-electron chi connectivity index (χ0n) is 9.05. The van der Waals surface area contributed by atoms with Gasteiger partial charge in [-0.3, -0.25) is 4.98 Å². The van der Waals surface area contributed by atoms with E-state index in [9.17, 15) is 5.11 Å². The van der Waals surface area contributed by atoms with E-state index in [4.69, 9.17) is 0 Å². The van der Waals surface area contributed by atoms with Gasteiger partial charge in [-0.2, -0.15) is 0 Å². The molecule has 2 nitrogen and oxygen atoms in total. The molecule has 2 aromatic rings. The normalized spacial score (nSPS) is 10.3. The first-order valence-corrected chi connectivity index (χ1v) is 6.07. The van der Waals surface area contributed by atoms with Gasteiger partial charge in [0.1, 0.15) is 5.75 Å². The molecule has 0 saturated heterocycles. The first-order valence-electron chi connectivity index (χ1n) is 5.08. The van der Waals surface area contributed by atoms with E-state index in [-0.39, 0.29) is 0 Å². The van der Waals surface area contributed by atoms with Crippen molar-refractivity contribution in [2.45, 2.75) is 17.6 Å². The fourth-order valence-electron chi connectivity index (χ4n) is 1.41. The molecule has 1 heterocycles. The largest absolute Gasteiger partial charge is 0.508 e. The van der Waals surface area contributed by atoms with Gasteiger partial charge in [0.2, 0.25) is 0 Å². The number of benzene rings is 1. The Labute approximate surface area is 99.4 Å². The molecule has 0 fully saturated rings. The summed E-state index contributed by atoms with van der Waals surface area (Å²) in [7, 11) is 0. The third-order valence-electron chi connectivity index (χ3n) is 2.15. The Morgan fingerprint density at radius 2 is 2.00 bits per heavy atom. The predicted octanol–water partition coefficient (Wildman–Crippen LogP) is 3.39. The predicted molar refractivity (Wildman–Crippen MR) is 66.6 cm³/mol. The van der Waals surface area contributed by atoms with Gasteiger partial charge >= 0.3 is 0 Å². The van der Waals surface area contributed by atoms with Crippen molar-refractivity contribution in [1.29, 1.82) is 0 Å². The Morgan fingerprint density at radius 3 is 2.75 bits per heavy atom. The lowest BCUT2D eigenvalue weighted by atomic mass is 10.3. The van der Waals surface area contributed by atoms with Crippen LogP contribution in [0.25, 0.3) is 0 Å². The van der Waals surface area contributed by atoms with E-state index < -0.39 is 0 Å². The van der Waals surface area contributed by atoms with Gasteiger partial charge in [-0.15, -0.1) is 11.8 Å². The second-order valence-corrected chi connectivity index (χ2v) is 4.61. The van der Waals surface area contributed by atoms with Gasteiger partial charge in [-0.25, -0.2) is 0 Å². The van der Waals surface area contributed by atoms with E-state index in [0.717, 1.165) is 22.0 Å². The highest BCUT2D eigenvalue weighted by molar-refractivity contribution is 7.98. The molecule has 0 amide bonds. The Hall–Kier alpha value is -1.48. The summed E-state index contributed by atoms with van der Waals surface area (Å²) in [5.41, 5.74) is 2.10. The van der Waals surface area contributed by atoms with Crippen molar-refractivity contribution in [1.82, 2.24) is 4.98 Å². The number of phenols is 1. The van der Waals surface area contributed by atoms with Crippen molar-refractivity contribution in [2.24, 2.45) is 0 Å². The molecule has 0 saturated carbocycles. The van der Waals surface area contributed by atoms with Crippen LogP contribution in [0.1, 0.15) is 11.4 Å². The molecule has 3 heteroatoms. The number of aryl methyl sites for hydroxylation is 1. The first-order chi connectivity index (χ1) is 7.74. The number of hydrogen-bond acceptors (Lipinski definition) is 3. The molecular weight excluding hydrogens is 218 g/mol. The molecule has 82 valence electrons. The number of nitrogens with zero attached hydrogens (tertiary/aromatic N) is 1. The van der Waals surface area contributed by atoms with E-state index in [1.54, 1.807) is 23.9 Å². The molecular formula is C13H13NOS. The molecule has 0 unspecified atom stereocenters. The lowest BCUT2D eigenvalue weighted by molar-refractivity contribution is 0.474. The number of aromatic nitrogens is 1. The highest BCUT2D eigenvalue weighted by Crippen LogP contribution is 2.24. The highest BCUT2D eigenvalue weighted by Gasteiger charge is 1.98. The van der Waals surface area contributed by atoms with E-state index in [0.29, 0.717) is 5.75 Å². The lowest BCUT2D eigenvalue weighted by Crippen LogP contribution is -1.88. The van der Waals surface area contributed by atoms with Crippen LogP contribution in [0.4, 0.5) is 0 Å². The second-order valence-electron chi connectivity index (χ2n) is 3.56. The van der Waals surface area contributed by atoms with Crippen LogP contribution in [0.3, 0.4) is 0 Å². The van der Waals surface area contributed by atoms with Gasteiger partial charge in [0.05, 0.1) is 5.69 Å². The first kappa shape index (κ1) is 11.0. The van der Waals surface area contributed by atoms with E-state index >= 15 is 0 Å². The SMILES string of the molecule is Cc1cccc(CSc2cccc(O)c2)n1. The molecule has 0 aliphatic rings. The summed E-state index contributed by atoms with van der Waals surface area (Å²) in [6, 6.07) is 13.3. The zero-order valence-corrected chi connectivity index (χ0v) is 9.87. The van der Waals surface area contributed by atoms with Crippen molar-refractivity contribution >= 4 is 11.8 Å². The molecule has 0 aliphatic carbocycles. The number of rotatable bonds is 3. The number of aromatic hydroxyl groups is 1. The summed E-state index contributed by atoms with van der Waals surface area (Å²) in [4.78, 5) is 5.49. The maximum absolute atomic E-state index is 9.33. The summed E-state index contributed by atoms with van der Waals surface area (Å²) < 4.78 is 0. The monoisotopic (exact) mass is 231 g/mol. The fourth-order valence-corrected chi connectivity index (χ4v) is 2.26.